The molecule has 0 bridgehead atoms. The van der Waals surface area contributed by atoms with Crippen LogP contribution in [0.15, 0.2) is 30.3 Å². The van der Waals surface area contributed by atoms with Crippen LogP contribution in [0.1, 0.15) is 46.6 Å². The van der Waals surface area contributed by atoms with Crippen LogP contribution in [0.25, 0.3) is 0 Å². The van der Waals surface area contributed by atoms with E-state index in [1.54, 1.807) is 13.8 Å². The van der Waals surface area contributed by atoms with Crippen LogP contribution in [-0.4, -0.2) is 43.2 Å². The van der Waals surface area contributed by atoms with Crippen molar-refractivity contribution in [3.8, 4) is 11.5 Å². The van der Waals surface area contributed by atoms with E-state index in [1.165, 1.54) is 0 Å². The monoisotopic (exact) mass is 460 g/mol. The van der Waals surface area contributed by atoms with Crippen LogP contribution in [-0.2, 0) is 20.9 Å². The highest BCUT2D eigenvalue weighted by Crippen LogP contribution is 2.35. The predicted molar refractivity (Wildman–Crippen MR) is 128 cm³/mol. The fraction of sp³-hybridized carbons (Fsp3) is 0.542. The smallest absolute Gasteiger partial charge is 0.408 e. The summed E-state index contributed by atoms with van der Waals surface area (Å²) in [6, 6.07) is 7.07. The van der Waals surface area contributed by atoms with Gasteiger partial charge in [-0.05, 0) is 16.5 Å². The molecule has 0 fully saturated rings. The number of benzene rings is 1. The second kappa shape index (κ2) is 11.7. The zero-order valence-corrected chi connectivity index (χ0v) is 21.1. The van der Waals surface area contributed by atoms with E-state index >= 15 is 0 Å². The number of aliphatic carboxylic acids is 1. The van der Waals surface area contributed by atoms with Crippen molar-refractivity contribution < 1.29 is 24.2 Å². The number of ether oxygens (including phenoxy) is 1. The molecule has 0 heterocycles. The summed E-state index contributed by atoms with van der Waals surface area (Å²) in [4.78, 5) is 36.6. The Morgan fingerprint density at radius 1 is 1.09 bits per heavy atom. The second-order valence-electron chi connectivity index (χ2n) is 9.71. The molecule has 1 aromatic carbocycles. The van der Waals surface area contributed by atoms with Gasteiger partial charge in [-0.2, -0.15) is 0 Å². The molecule has 0 spiro atoms. The summed E-state index contributed by atoms with van der Waals surface area (Å²) in [5, 5.41) is 14.6. The Labute approximate surface area is 192 Å². The number of nitrogens with one attached hydrogen (secondary N) is 2. The Balaban J connectivity index is 2.77. The standard InChI is InChI=1S/C24H36N2O5Si/c1-17(2)20(26-23(30)31-16-18-12-9-8-10-13-18)21(27)25-19(22(28)29)14-11-15-32(6,7)24(3,4)5/h8-10,12-13,17,19-20H,14,16H2,1-7H3,(H,25,27)(H,26,30)(H,28,29)/t19-,20+/m1/s1. The summed E-state index contributed by atoms with van der Waals surface area (Å²) in [6.07, 6.45) is -0.746. The molecule has 3 N–H and O–H groups in total. The van der Waals surface area contributed by atoms with Gasteiger partial charge in [0, 0.05) is 6.42 Å². The van der Waals surface area contributed by atoms with Gasteiger partial charge in [-0.1, -0.05) is 78.0 Å². The maximum Gasteiger partial charge on any atom is 0.408 e. The number of carbonyl (C=O) groups excluding carboxylic acids is 2. The zero-order valence-electron chi connectivity index (χ0n) is 20.1. The average molecular weight is 461 g/mol. The molecular weight excluding hydrogens is 424 g/mol. The molecule has 0 saturated carbocycles. The maximum atomic E-state index is 12.7. The highest BCUT2D eigenvalue weighted by Gasteiger charge is 2.34. The molecule has 0 aliphatic heterocycles. The summed E-state index contributed by atoms with van der Waals surface area (Å²) in [6.45, 7) is 14.2. The lowest BCUT2D eigenvalue weighted by atomic mass is 10.0. The van der Waals surface area contributed by atoms with Crippen LogP contribution in [0.4, 0.5) is 4.79 Å². The van der Waals surface area contributed by atoms with E-state index in [-0.39, 0.29) is 24.0 Å². The van der Waals surface area contributed by atoms with Gasteiger partial charge in [-0.25, -0.2) is 9.59 Å². The molecule has 0 unspecified atom stereocenters. The number of carboxylic acid groups (broad SMARTS) is 1. The Kier molecular flexibility index (Phi) is 9.98. The summed E-state index contributed by atoms with van der Waals surface area (Å²) >= 11 is 0. The Morgan fingerprint density at radius 2 is 1.69 bits per heavy atom. The first-order chi connectivity index (χ1) is 14.7. The topological polar surface area (TPSA) is 105 Å². The number of carboxylic acids is 1. The van der Waals surface area contributed by atoms with Crippen molar-refractivity contribution >= 4 is 26.0 Å². The van der Waals surface area contributed by atoms with Crippen LogP contribution < -0.4 is 10.6 Å². The number of hydrogen-bond donors (Lipinski definition) is 3. The van der Waals surface area contributed by atoms with E-state index in [1.807, 2.05) is 30.3 Å². The first-order valence-electron chi connectivity index (χ1n) is 10.7. The SMILES string of the molecule is CC(C)[C@H](NC(=O)OCc1ccccc1)C(=O)N[C@H](CC#C[Si](C)(C)C(C)(C)C)C(=O)O. The van der Waals surface area contributed by atoms with Crippen LogP contribution in [0.3, 0.4) is 0 Å². The second-order valence-corrected chi connectivity index (χ2v) is 14.7. The molecule has 0 aromatic heterocycles. The van der Waals surface area contributed by atoms with Gasteiger partial charge in [0.2, 0.25) is 5.91 Å². The molecule has 0 saturated heterocycles. The molecule has 1 aromatic rings. The molecule has 0 aliphatic rings. The Morgan fingerprint density at radius 3 is 2.19 bits per heavy atom. The van der Waals surface area contributed by atoms with Gasteiger partial charge in [0.1, 0.15) is 26.8 Å². The van der Waals surface area contributed by atoms with Gasteiger partial charge in [0.05, 0.1) is 0 Å². The zero-order chi connectivity index (χ0) is 24.5. The van der Waals surface area contributed by atoms with E-state index in [0.29, 0.717) is 0 Å². The van der Waals surface area contributed by atoms with Crippen LogP contribution in [0, 0.1) is 17.4 Å². The minimum Gasteiger partial charge on any atom is -0.480 e. The largest absolute Gasteiger partial charge is 0.480 e. The molecule has 7 nitrogen and oxygen atoms in total. The lowest BCUT2D eigenvalue weighted by Crippen LogP contribution is -2.53. The van der Waals surface area contributed by atoms with Crippen LogP contribution in [0.2, 0.25) is 18.1 Å². The van der Waals surface area contributed by atoms with E-state index in [2.05, 4.69) is 56.0 Å². The van der Waals surface area contributed by atoms with Gasteiger partial charge in [0.25, 0.3) is 0 Å². The molecule has 2 amide bonds. The Hall–Kier alpha value is -2.79. The summed E-state index contributed by atoms with van der Waals surface area (Å²) in [7, 11) is -1.89. The molecule has 0 radical (unpaired) electrons. The number of alkyl carbamates (subject to hydrolysis) is 1. The first-order valence-corrected chi connectivity index (χ1v) is 13.7. The minimum atomic E-state index is -1.89. The van der Waals surface area contributed by atoms with E-state index in [4.69, 9.17) is 4.74 Å². The highest BCUT2D eigenvalue weighted by atomic mass is 28.3. The van der Waals surface area contributed by atoms with Gasteiger partial charge < -0.3 is 20.5 Å². The van der Waals surface area contributed by atoms with Gasteiger partial charge in [0.15, 0.2) is 0 Å². The summed E-state index contributed by atoms with van der Waals surface area (Å²) in [5.74, 6) is 0.945. The molecule has 2 atom stereocenters. The number of carbonyl (C=O) groups is 3. The fourth-order valence-electron chi connectivity index (χ4n) is 2.45. The highest BCUT2D eigenvalue weighted by molar-refractivity contribution is 6.87. The van der Waals surface area contributed by atoms with Crippen molar-refractivity contribution in [3.63, 3.8) is 0 Å². The van der Waals surface area contributed by atoms with Crippen LogP contribution >= 0.6 is 0 Å². The molecular formula is C24H36N2O5Si. The average Bonchev–Trinajstić information content (AvgIpc) is 2.69. The van der Waals surface area contributed by atoms with Gasteiger partial charge in [-0.3, -0.25) is 4.79 Å². The van der Waals surface area contributed by atoms with Gasteiger partial charge in [-0.15, -0.1) is 11.5 Å². The number of rotatable bonds is 8. The van der Waals surface area contributed by atoms with Gasteiger partial charge >= 0.3 is 12.1 Å². The third-order valence-corrected chi connectivity index (χ3v) is 10.2. The molecule has 32 heavy (non-hydrogen) atoms. The summed E-state index contributed by atoms with van der Waals surface area (Å²) < 4.78 is 5.18. The molecule has 176 valence electrons. The van der Waals surface area contributed by atoms with E-state index in [0.717, 1.165) is 5.56 Å². The number of hydrogen-bond acceptors (Lipinski definition) is 4. The summed E-state index contributed by atoms with van der Waals surface area (Å²) in [5.41, 5.74) is 4.08. The first kappa shape index (κ1) is 27.2. The van der Waals surface area contributed by atoms with E-state index in [9.17, 15) is 19.5 Å². The van der Waals surface area contributed by atoms with Crippen molar-refractivity contribution in [2.75, 3.05) is 0 Å². The van der Waals surface area contributed by atoms with Crippen molar-refractivity contribution in [2.45, 2.75) is 77.9 Å². The maximum absolute atomic E-state index is 12.7. The Bertz CT molecular complexity index is 851. The quantitative estimate of drug-likeness (QED) is 0.402. The lowest BCUT2D eigenvalue weighted by Gasteiger charge is -2.31. The predicted octanol–water partition coefficient (Wildman–Crippen LogP) is 3.95. The van der Waals surface area contributed by atoms with Crippen molar-refractivity contribution in [1.82, 2.24) is 10.6 Å². The van der Waals surface area contributed by atoms with Crippen molar-refractivity contribution in [3.05, 3.63) is 35.9 Å². The minimum absolute atomic E-state index is 0.00312. The normalized spacial score (nSPS) is 13.4. The third-order valence-electron chi connectivity index (χ3n) is 5.63. The van der Waals surface area contributed by atoms with E-state index < -0.39 is 38.1 Å². The molecule has 1 rings (SSSR count). The molecule has 8 heteroatoms. The lowest BCUT2D eigenvalue weighted by molar-refractivity contribution is -0.142. The van der Waals surface area contributed by atoms with Crippen LogP contribution in [0.5, 0.6) is 0 Å². The third kappa shape index (κ3) is 8.75. The number of amides is 2. The van der Waals surface area contributed by atoms with Crippen molar-refractivity contribution in [2.24, 2.45) is 5.92 Å². The molecule has 0 aliphatic carbocycles. The van der Waals surface area contributed by atoms with Crippen molar-refractivity contribution in [1.29, 1.82) is 0 Å². The fourth-order valence-corrected chi connectivity index (χ4v) is 3.37.